The van der Waals surface area contributed by atoms with Gasteiger partial charge >= 0.3 is 191 Å². The molecule has 2 aliphatic rings. The number of β-lactam (4-membered cyclic amide) rings is 1. The predicted octanol–water partition coefficient (Wildman–Crippen LogP) is -6.13. The summed E-state index contributed by atoms with van der Waals surface area (Å²) in [7, 11) is 0. The molecule has 3 rings (SSSR count). The summed E-state index contributed by atoms with van der Waals surface area (Å²) in [5, 5.41) is 25.4. The number of esters is 1. The summed E-state index contributed by atoms with van der Waals surface area (Å²) in [6.07, 6.45) is 0. The van der Waals surface area contributed by atoms with Gasteiger partial charge in [-0.1, -0.05) is 0 Å². The first kappa shape index (κ1) is 24.4. The monoisotopic (exact) mass is 511 g/mol. The van der Waals surface area contributed by atoms with Crippen LogP contribution in [0.25, 0.3) is 0 Å². The molecule has 0 aliphatic carbocycles. The molecule has 2 aliphatic heterocycles. The van der Waals surface area contributed by atoms with E-state index >= 15 is 0 Å². The Hall–Kier alpha value is -1.83. The second kappa shape index (κ2) is 9.98. The number of fused-ring (bicyclic) bond motifs is 1. The van der Waals surface area contributed by atoms with E-state index in [2.05, 4.69) is 15.5 Å². The number of carboxylic acid groups (broad SMARTS) is 1. The van der Waals surface area contributed by atoms with Crippen LogP contribution in [0.15, 0.2) is 21.4 Å². The van der Waals surface area contributed by atoms with Crippen molar-refractivity contribution in [2.45, 2.75) is 18.3 Å². The fourth-order valence-electron chi connectivity index (χ4n) is 2.79. The number of hydrogen-bond acceptors (Lipinski definition) is 11. The van der Waals surface area contributed by atoms with Crippen molar-refractivity contribution in [2.24, 2.45) is 5.16 Å². The molecule has 0 radical (unpaired) electrons. The van der Waals surface area contributed by atoms with Crippen molar-refractivity contribution in [3.63, 3.8) is 0 Å². The third-order valence-corrected chi connectivity index (χ3v) is 6.81. The predicted molar refractivity (Wildman–Crippen MR) is 97.6 cm³/mol. The molecule has 1 saturated heterocycles. The topological polar surface area (TPSA) is 187 Å². The zero-order valence-electron chi connectivity index (χ0n) is 15.8. The van der Waals surface area contributed by atoms with Gasteiger partial charge in [-0.15, -0.1) is 0 Å². The van der Waals surface area contributed by atoms with E-state index in [0.717, 1.165) is 4.90 Å². The first-order valence-electron chi connectivity index (χ1n) is 8.00. The molecular weight excluding hydrogens is 496 g/mol. The molecule has 154 valence electrons. The molecule has 0 aromatic carbocycles. The number of ether oxygens (including phenoxy) is 1. The SMILES string of the molecule is CC(=O)OCC1=C(C(=O)[O-])N2C(=O)[C@@H](NC(=O)/C(=N\O)c3c[se]c(N)n3)[C@H]2SC1.[Na+]. The molecule has 1 fully saturated rings. The number of carbonyl (C=O) groups excluding carboxylic acids is 4. The number of oxime groups is 1. The Morgan fingerprint density at radius 1 is 1.53 bits per heavy atom. The normalized spacial score (nSPS) is 20.6. The number of nitrogens with zero attached hydrogens (tertiary/aromatic N) is 3. The second-order valence-electron chi connectivity index (χ2n) is 5.90. The summed E-state index contributed by atoms with van der Waals surface area (Å²) in [4.78, 5) is 53.9. The van der Waals surface area contributed by atoms with Crippen LogP contribution in [-0.2, 0) is 23.9 Å². The molecule has 0 bridgehead atoms. The number of nitrogen functional groups attached to an aromatic ring is 1. The van der Waals surface area contributed by atoms with E-state index in [1.807, 2.05) is 0 Å². The third kappa shape index (κ3) is 4.74. The summed E-state index contributed by atoms with van der Waals surface area (Å²) in [5.41, 5.74) is 5.11. The number of amides is 2. The number of aliphatic carboxylic acids is 1. The van der Waals surface area contributed by atoms with Gasteiger partial charge in [-0.2, -0.15) is 0 Å². The average molecular weight is 510 g/mol. The van der Waals surface area contributed by atoms with E-state index in [4.69, 9.17) is 15.7 Å². The van der Waals surface area contributed by atoms with E-state index in [1.165, 1.54) is 18.7 Å². The van der Waals surface area contributed by atoms with Crippen molar-refractivity contribution >= 4 is 60.4 Å². The zero-order chi connectivity index (χ0) is 21.3. The first-order chi connectivity index (χ1) is 13.7. The minimum absolute atomic E-state index is 0. The molecule has 0 spiro atoms. The third-order valence-electron chi connectivity index (χ3n) is 4.06. The van der Waals surface area contributed by atoms with Crippen molar-refractivity contribution in [1.29, 1.82) is 0 Å². The maximum absolute atomic E-state index is 12.5. The maximum atomic E-state index is 12.5. The van der Waals surface area contributed by atoms with Crippen molar-refractivity contribution < 1.29 is 63.8 Å². The number of nitrogens with one attached hydrogen (secondary N) is 1. The number of thioether (sulfide) groups is 1. The molecule has 3 heterocycles. The van der Waals surface area contributed by atoms with E-state index < -0.39 is 40.9 Å². The summed E-state index contributed by atoms with van der Waals surface area (Å²) < 4.78 is 5.13. The van der Waals surface area contributed by atoms with Crippen LogP contribution in [0.1, 0.15) is 12.6 Å². The Morgan fingerprint density at radius 3 is 2.77 bits per heavy atom. The number of nitrogens with two attached hydrogens (primary N) is 1. The smallest absolute Gasteiger partial charge is 1.00 e. The van der Waals surface area contributed by atoms with E-state index in [9.17, 15) is 24.3 Å². The first-order valence-corrected chi connectivity index (χ1v) is 10.9. The van der Waals surface area contributed by atoms with Gasteiger partial charge in [0.25, 0.3) is 0 Å². The van der Waals surface area contributed by atoms with Gasteiger partial charge in [0, 0.05) is 6.92 Å². The Balaban J connectivity index is 0.00000320. The van der Waals surface area contributed by atoms with Gasteiger partial charge in [-0.05, 0) is 0 Å². The van der Waals surface area contributed by atoms with Gasteiger partial charge in [0.15, 0.2) is 0 Å². The fraction of sp³-hybridized carbons (Fsp3) is 0.333. The largest absolute Gasteiger partial charge is 1.00 e. The zero-order valence-corrected chi connectivity index (χ0v) is 20.3. The molecule has 2 amide bonds. The summed E-state index contributed by atoms with van der Waals surface area (Å²) in [6, 6.07) is -1.04. The summed E-state index contributed by atoms with van der Waals surface area (Å²) in [6.45, 7) is 0.896. The molecule has 2 atom stereocenters. The van der Waals surface area contributed by atoms with Gasteiger partial charge in [-0.25, -0.2) is 0 Å². The molecule has 0 saturated carbocycles. The number of carboxylic acids is 1. The molecule has 0 unspecified atom stereocenters. The van der Waals surface area contributed by atoms with Crippen LogP contribution in [0.5, 0.6) is 0 Å². The molecule has 4 N–H and O–H groups in total. The molecule has 1 aromatic rings. The van der Waals surface area contributed by atoms with Crippen LogP contribution in [0.3, 0.4) is 0 Å². The van der Waals surface area contributed by atoms with Crippen molar-refractivity contribution in [1.82, 2.24) is 15.2 Å². The number of hydrogen-bond donors (Lipinski definition) is 3. The van der Waals surface area contributed by atoms with Gasteiger partial charge in [-0.3, -0.25) is 4.79 Å². The van der Waals surface area contributed by atoms with Gasteiger partial charge in [0.05, 0.1) is 0 Å². The van der Waals surface area contributed by atoms with Gasteiger partial charge in [0.2, 0.25) is 0 Å². The Morgan fingerprint density at radius 2 is 2.23 bits per heavy atom. The fourth-order valence-corrected chi connectivity index (χ4v) is 5.27. The molecule has 1 aromatic heterocycles. The Kier molecular flexibility index (Phi) is 8.13. The van der Waals surface area contributed by atoms with E-state index in [0.29, 0.717) is 4.69 Å². The minimum atomic E-state index is -1.59. The average Bonchev–Trinajstić information content (AvgIpc) is 3.09. The van der Waals surface area contributed by atoms with Crippen LogP contribution < -0.4 is 45.7 Å². The molecule has 30 heavy (non-hydrogen) atoms. The van der Waals surface area contributed by atoms with Gasteiger partial charge < -0.3 is 0 Å². The van der Waals surface area contributed by atoms with Crippen molar-refractivity contribution in [3.05, 3.63) is 21.9 Å². The van der Waals surface area contributed by atoms with Crippen molar-refractivity contribution in [2.75, 3.05) is 18.1 Å². The van der Waals surface area contributed by atoms with Crippen LogP contribution in [0.4, 0.5) is 4.69 Å². The van der Waals surface area contributed by atoms with E-state index in [-0.39, 0.29) is 73.4 Å². The van der Waals surface area contributed by atoms with Crippen LogP contribution in [0.2, 0.25) is 0 Å². The molecule has 15 heteroatoms. The molecular formula is C15H14N5NaO7SSe. The number of anilines is 1. The summed E-state index contributed by atoms with van der Waals surface area (Å²) >= 11 is 0.925. The van der Waals surface area contributed by atoms with Gasteiger partial charge in [0.1, 0.15) is 0 Å². The molecule has 12 nitrogen and oxygen atoms in total. The standard InChI is InChI=1S/C15H15N5O7SSe.Na/c1-5(21)27-2-6-3-28-13-9(12(23)20(13)10(6)14(24)25)18-11(22)8(19-26)7-4-29-15(16)17-7;/h4,9,13,26H,2-3H2,1H3,(H2,16,17)(H,18,22)(H,24,25);/q;+1/p-1/b19-8-;/t9-,13-;/m1./s1. The Bertz CT molecular complexity index is 965. The van der Waals surface area contributed by atoms with Crippen LogP contribution in [0, 0.1) is 0 Å². The Labute approximate surface area is 201 Å². The van der Waals surface area contributed by atoms with Crippen molar-refractivity contribution in [3.8, 4) is 0 Å². The maximum Gasteiger partial charge on any atom is 1.00 e. The van der Waals surface area contributed by atoms with Crippen LogP contribution in [-0.4, -0.2) is 82.8 Å². The number of carbonyl (C=O) groups is 4. The number of rotatable bonds is 6. The minimum Gasteiger partial charge on any atom is 1.00 e. The quantitative estimate of drug-likeness (QED) is 0.0830. The van der Waals surface area contributed by atoms with E-state index in [1.54, 1.807) is 4.94 Å². The summed E-state index contributed by atoms with van der Waals surface area (Å²) in [5.74, 6) is -3.55. The second-order valence-corrected chi connectivity index (χ2v) is 8.87. The number of aromatic nitrogens is 1. The van der Waals surface area contributed by atoms with Crippen LogP contribution >= 0.6 is 11.8 Å².